The molecule has 13 aromatic heterocycles. The maximum atomic E-state index is 5.12. The van der Waals surface area contributed by atoms with Crippen LogP contribution in [0, 0.1) is 97.8 Å². The number of amidine groups is 1. The molecule has 39 heteroatoms. The Morgan fingerprint density at radius 1 is 0.421 bits per heavy atom. The summed E-state index contributed by atoms with van der Waals surface area (Å²) in [6, 6.07) is 3.56. The topological polar surface area (TPSA) is 443 Å². The highest BCUT2D eigenvalue weighted by molar-refractivity contribution is 7.11. The van der Waals surface area contributed by atoms with Gasteiger partial charge in [-0.15, -0.1) is 53.3 Å². The van der Waals surface area contributed by atoms with Crippen LogP contribution in [0.4, 0.5) is 0 Å². The van der Waals surface area contributed by atoms with E-state index in [2.05, 4.69) is 361 Å². The first kappa shape index (κ1) is 158. The fourth-order valence-electron chi connectivity index (χ4n) is 7.01. The maximum absolute atomic E-state index is 5.12. The van der Waals surface area contributed by atoms with Gasteiger partial charge >= 0.3 is 0 Å². The molecule has 0 fully saturated rings. The van der Waals surface area contributed by atoms with E-state index < -0.39 is 0 Å². The fraction of sp³-hybridized carbons (Fsp3) is 0.679. The maximum Gasteiger partial charge on any atom is 0.229 e. The first-order valence-corrected chi connectivity index (χ1v) is 54.7. The number of aromatic amines is 2. The number of nitrogens with one attached hydrogen (secondary N) is 2. The van der Waals surface area contributed by atoms with Gasteiger partial charge in [-0.2, -0.15) is 34.0 Å². The van der Waals surface area contributed by atoms with E-state index in [-0.39, 0.29) is 7.43 Å². The second kappa shape index (κ2) is 108. The molecular formula is C106H202N28O6S5. The molecule has 0 radical (unpaired) electrons. The molecule has 13 aromatic rings. The molecule has 0 spiro atoms. The summed E-state index contributed by atoms with van der Waals surface area (Å²) < 4.78 is 40.1. The summed E-state index contributed by atoms with van der Waals surface area (Å²) in [6.07, 6.45) is 19.5. The Bertz CT molecular complexity index is 4020. The lowest BCUT2D eigenvalue weighted by atomic mass is 10.1. The number of H-pyrrole nitrogens is 2. The van der Waals surface area contributed by atoms with Crippen LogP contribution in [-0.4, -0.2) is 139 Å². The molecule has 15 rings (SSSR count). The van der Waals surface area contributed by atoms with Gasteiger partial charge in [0, 0.05) is 115 Å². The minimum Gasteiger partial charge on any atom is -0.452 e. The summed E-state index contributed by atoms with van der Waals surface area (Å²) in [4.78, 5) is 37.0. The highest BCUT2D eigenvalue weighted by atomic mass is 32.1. The van der Waals surface area contributed by atoms with E-state index in [1.807, 2.05) is 176 Å². The smallest absolute Gasteiger partial charge is 0.229 e. The SMILES string of the molecule is C.C1=CN=CC1.CC.CC.CC.CC.CC.CC(C)C.CC(C)C.CC(C)C.CC(C)C.CC(C)C.CC(C)C1=NCN=N1.Cc1nc(C(C)C)n[nH]1.Cc1nc(C(C)C)no1.Cc1nc(C(C)C)ns1.Cc1nnc(C(C)C)o1.Cc1nnc(C(C)C)s1.Cc1noc(C(C)C)n1.Cc1nonc1C(C)C.Cc1nsc(C(C)C)n1.Cc1snnc1C(C)C.c1cn[nH]c1.c1cnoc1.c1cocn1.c1cscn1. The Kier molecular flexibility index (Phi) is 117. The van der Waals surface area contributed by atoms with Crippen LogP contribution in [0.15, 0.2) is 132 Å². The van der Waals surface area contributed by atoms with Crippen molar-refractivity contribution < 1.29 is 27.0 Å². The van der Waals surface area contributed by atoms with Crippen molar-refractivity contribution in [2.24, 2.45) is 55.7 Å². The third-order valence-electron chi connectivity index (χ3n) is 12.8. The highest BCUT2D eigenvalue weighted by Gasteiger charge is 2.12. The second-order valence-electron chi connectivity index (χ2n) is 35.6. The van der Waals surface area contributed by atoms with Crippen molar-refractivity contribution >= 4 is 69.3 Å². The molecule has 34 nitrogen and oxygen atoms in total. The number of hydrogen-bond donors (Lipinski definition) is 2. The predicted molar refractivity (Wildman–Crippen MR) is 617 cm³/mol. The van der Waals surface area contributed by atoms with Crippen LogP contribution in [0.2, 0.25) is 0 Å². The molecule has 2 aliphatic heterocycles. The van der Waals surface area contributed by atoms with E-state index >= 15 is 0 Å². The van der Waals surface area contributed by atoms with Crippen molar-refractivity contribution in [3.63, 3.8) is 0 Å². The molecule has 0 aliphatic carbocycles. The molecule has 0 saturated carbocycles. The summed E-state index contributed by atoms with van der Waals surface area (Å²) in [5.74, 6) is 17.2. The van der Waals surface area contributed by atoms with Gasteiger partial charge in [-0.25, -0.2) is 29.6 Å². The lowest BCUT2D eigenvalue weighted by Crippen LogP contribution is -1.99. The molecule has 15 heterocycles. The van der Waals surface area contributed by atoms with E-state index in [0.717, 1.165) is 108 Å². The molecule has 0 atom stereocenters. The van der Waals surface area contributed by atoms with Gasteiger partial charge in [-0.05, 0) is 131 Å². The average molecular weight is 2130 g/mol. The average Bonchev–Trinajstić information content (AvgIpc) is 1.76. The summed E-state index contributed by atoms with van der Waals surface area (Å²) in [5, 5.41) is 64.3. The number of thiazole rings is 1. The van der Waals surface area contributed by atoms with Crippen LogP contribution < -0.4 is 0 Å². The molecule has 2 aliphatic rings. The van der Waals surface area contributed by atoms with Gasteiger partial charge in [0.05, 0.1) is 23.6 Å². The minimum atomic E-state index is 0. The lowest BCUT2D eigenvalue weighted by molar-refractivity contribution is 0.300. The Balaban J connectivity index is -0.000000145. The van der Waals surface area contributed by atoms with Crippen LogP contribution in [-0.2, 0) is 0 Å². The van der Waals surface area contributed by atoms with Crippen LogP contribution in [0.1, 0.15) is 479 Å². The van der Waals surface area contributed by atoms with Gasteiger partial charge in [-0.1, -0.05) is 355 Å². The van der Waals surface area contributed by atoms with E-state index in [1.165, 1.54) is 58.4 Å². The Hall–Kier alpha value is -10.1. The molecule has 0 amide bonds. The molecule has 2 N–H and O–H groups in total. The summed E-state index contributed by atoms with van der Waals surface area (Å²) >= 11 is 7.72. The Morgan fingerprint density at radius 3 is 1.14 bits per heavy atom. The number of aromatic nitrogens is 24. The first-order chi connectivity index (χ1) is 67.8. The van der Waals surface area contributed by atoms with Crippen LogP contribution >= 0.6 is 57.3 Å². The number of aliphatic imine (C=N–C) groups is 2. The third-order valence-corrected chi connectivity index (χ3v) is 16.9. The molecule has 0 aromatic carbocycles. The molecular weight excluding hydrogens is 1920 g/mol. The zero-order valence-electron chi connectivity index (χ0n) is 99.4. The van der Waals surface area contributed by atoms with Crippen molar-refractivity contribution in [3.8, 4) is 0 Å². The lowest BCUT2D eigenvalue weighted by Gasteiger charge is -1.97. The van der Waals surface area contributed by atoms with Crippen molar-refractivity contribution in [1.29, 1.82) is 0 Å². The van der Waals surface area contributed by atoms with Gasteiger partial charge in [0.15, 0.2) is 30.5 Å². The van der Waals surface area contributed by atoms with Crippen molar-refractivity contribution in [1.82, 2.24) is 120 Å². The van der Waals surface area contributed by atoms with E-state index in [4.69, 9.17) is 13.5 Å². The third kappa shape index (κ3) is 111. The molecule has 832 valence electrons. The summed E-state index contributed by atoms with van der Waals surface area (Å²) in [7, 11) is 0. The standard InChI is InChI=1S/C6H11N3.4C6H10N2O.4C6H10N2S.C5H9N3.C4H5N.5C4H10.C3H4N2.2C3H3NO.C3H3NS.5C2H6.CH4/c1-4(2)6-7-5(3)8-9-6;1-4(2)6-8-7-5(3)9-6;1-4(2)6-7-5(3)9-8-6;1-4(2)6-7-5(3)8-9-6;1-4(2)6-5(3)7-9-8-6;1-4(2)6-8-7-5(3)9-6;1-4(2)6-7-5(3)9-8-6;1-4(2)6-7-5(3)8-9-6;1-4(2)6-5(3)9-8-7-6;1-4(2)5-6-3-7-8-5;1-2-4-5-3-1;5*1-4(2)3;1-2-4-5-3-1;1-2-5-3-4-1;1-2-4-5-3-1;1-2-5-3-4-1;5*1-2;/h4H,1-3H3,(H,7,8,9);8*4H,1-3H3;4H,3H2,1-2H3;1,3-4H,2H2;5*4H,1-3H3;1-3H,(H,4,5);3*1-3H;5*1-2H3;1H4. The zero-order valence-corrected chi connectivity index (χ0v) is 103. The van der Waals surface area contributed by atoms with Gasteiger partial charge in [-0.3, -0.25) is 20.2 Å². The summed E-state index contributed by atoms with van der Waals surface area (Å²) in [5.41, 5.74) is 4.78. The van der Waals surface area contributed by atoms with E-state index in [0.29, 0.717) is 95.2 Å². The number of nitrogens with zero attached hydrogens (tertiary/aromatic N) is 26. The Labute approximate surface area is 899 Å². The van der Waals surface area contributed by atoms with Crippen LogP contribution in [0.25, 0.3) is 0 Å². The normalized spacial score (nSPS) is 10.1. The molecule has 145 heavy (non-hydrogen) atoms. The number of azo groups is 1. The van der Waals surface area contributed by atoms with Crippen LogP contribution in [0.3, 0.4) is 0 Å². The number of allylic oxidation sites excluding steroid dienone is 1. The van der Waals surface area contributed by atoms with Gasteiger partial charge in [0.2, 0.25) is 23.6 Å². The number of hydrogen-bond acceptors (Lipinski definition) is 37. The van der Waals surface area contributed by atoms with Crippen molar-refractivity contribution in [2.45, 2.75) is 441 Å². The predicted octanol–water partition coefficient (Wildman–Crippen LogP) is 34.5. The van der Waals surface area contributed by atoms with E-state index in [1.54, 1.807) is 85.3 Å². The quantitative estimate of drug-likeness (QED) is 0.128. The van der Waals surface area contributed by atoms with Crippen molar-refractivity contribution in [3.05, 3.63) is 186 Å². The van der Waals surface area contributed by atoms with Gasteiger partial charge < -0.3 is 22.4 Å². The monoisotopic (exact) mass is 2120 g/mol. The fourth-order valence-corrected chi connectivity index (χ4v) is 9.95. The largest absolute Gasteiger partial charge is 0.452 e. The number of aryl methyl sites for hydroxylation is 9. The van der Waals surface area contributed by atoms with Crippen molar-refractivity contribution in [2.75, 3.05) is 6.67 Å². The van der Waals surface area contributed by atoms with Gasteiger partial charge in [0.25, 0.3) is 0 Å². The molecule has 0 saturated heterocycles. The minimum absolute atomic E-state index is 0. The van der Waals surface area contributed by atoms with Crippen LogP contribution in [0.5, 0.6) is 0 Å². The summed E-state index contributed by atoms with van der Waals surface area (Å²) in [6.45, 7) is 112. The Morgan fingerprint density at radius 2 is 0.972 bits per heavy atom. The highest BCUT2D eigenvalue weighted by Crippen LogP contribution is 2.21. The molecule has 0 bridgehead atoms. The van der Waals surface area contributed by atoms with Gasteiger partial charge in [0.1, 0.15) is 67.3 Å². The number of rotatable bonds is 10. The molecule has 0 unspecified atom stereocenters. The second-order valence-corrected chi connectivity index (χ2v) is 40.3. The van der Waals surface area contributed by atoms with E-state index in [9.17, 15) is 0 Å². The first-order valence-electron chi connectivity index (χ1n) is 50.6. The zero-order chi connectivity index (χ0) is 113. The number of oxazole rings is 1.